The molecule has 29 heavy (non-hydrogen) atoms. The molecule has 3 rings (SSSR count). The van der Waals surface area contributed by atoms with Crippen molar-refractivity contribution in [3.63, 3.8) is 0 Å². The highest BCUT2D eigenvalue weighted by Gasteiger charge is 2.25. The van der Waals surface area contributed by atoms with Crippen LogP contribution in [0.5, 0.6) is 5.75 Å². The van der Waals surface area contributed by atoms with Gasteiger partial charge in [-0.1, -0.05) is 24.3 Å². The van der Waals surface area contributed by atoms with Crippen molar-refractivity contribution in [1.82, 2.24) is 4.90 Å². The van der Waals surface area contributed by atoms with E-state index in [2.05, 4.69) is 5.32 Å². The van der Waals surface area contributed by atoms with Crippen molar-refractivity contribution in [3.8, 4) is 5.75 Å². The van der Waals surface area contributed by atoms with Crippen LogP contribution in [0.15, 0.2) is 42.5 Å². The molecular weight excluding hydrogens is 366 g/mol. The minimum atomic E-state index is 0.0201. The molecule has 0 saturated carbocycles. The fourth-order valence-electron chi connectivity index (χ4n) is 3.59. The molecule has 2 aromatic rings. The molecule has 2 amide bonds. The Morgan fingerprint density at radius 3 is 2.41 bits per heavy atom. The van der Waals surface area contributed by atoms with E-state index >= 15 is 0 Å². The van der Waals surface area contributed by atoms with E-state index in [1.807, 2.05) is 61.2 Å². The Bertz CT molecular complexity index is 856. The Kier molecular flexibility index (Phi) is 6.88. The molecule has 1 aliphatic heterocycles. The number of carbonyl (C=O) groups is 2. The summed E-state index contributed by atoms with van der Waals surface area (Å²) in [6.07, 6.45) is 0.395. The minimum absolute atomic E-state index is 0.0201. The van der Waals surface area contributed by atoms with Crippen molar-refractivity contribution in [3.05, 3.63) is 59.2 Å². The van der Waals surface area contributed by atoms with Crippen LogP contribution < -0.4 is 15.0 Å². The molecule has 0 aromatic heterocycles. The van der Waals surface area contributed by atoms with Gasteiger partial charge in [0.05, 0.1) is 39.7 Å². The minimum Gasteiger partial charge on any atom is -0.497 e. The van der Waals surface area contributed by atoms with E-state index in [-0.39, 0.29) is 11.8 Å². The number of hydrogen-bond donors (Lipinski definition) is 2. The first-order valence-corrected chi connectivity index (χ1v) is 10.1. The summed E-state index contributed by atoms with van der Waals surface area (Å²) in [5.41, 5.74) is 4.13. The maximum atomic E-state index is 12.6. The van der Waals surface area contributed by atoms with Crippen molar-refractivity contribution in [1.29, 1.82) is 0 Å². The van der Waals surface area contributed by atoms with Gasteiger partial charge in [0.1, 0.15) is 5.75 Å². The normalized spacial score (nSPS) is 14.5. The van der Waals surface area contributed by atoms with Gasteiger partial charge in [-0.25, -0.2) is 0 Å². The molecule has 0 spiro atoms. The first-order chi connectivity index (χ1) is 14.0. The van der Waals surface area contributed by atoms with E-state index < -0.39 is 0 Å². The van der Waals surface area contributed by atoms with E-state index in [0.29, 0.717) is 26.1 Å². The molecule has 2 aromatic carbocycles. The molecule has 0 aliphatic carbocycles. The quantitative estimate of drug-likeness (QED) is 0.772. The summed E-state index contributed by atoms with van der Waals surface area (Å²) in [5.74, 6) is 0.943. The van der Waals surface area contributed by atoms with Crippen LogP contribution >= 0.6 is 0 Å². The summed E-state index contributed by atoms with van der Waals surface area (Å²) in [4.78, 5) is 28.1. The highest BCUT2D eigenvalue weighted by atomic mass is 16.5. The van der Waals surface area contributed by atoms with Crippen LogP contribution in [0.1, 0.15) is 16.7 Å². The lowest BCUT2D eigenvalue weighted by Gasteiger charge is -2.32. The second kappa shape index (κ2) is 9.56. The zero-order valence-electron chi connectivity index (χ0n) is 17.5. The first kappa shape index (κ1) is 20.9. The van der Waals surface area contributed by atoms with Gasteiger partial charge in [0.25, 0.3) is 5.91 Å². The Morgan fingerprint density at radius 1 is 1.07 bits per heavy atom. The molecule has 1 aliphatic rings. The molecule has 6 nitrogen and oxygen atoms in total. The SMILES string of the molecule is COc1ccc(CC(=O)N2CC[NH+](CC(=O)Nc3cccc(C)c3C)CC2)cc1. The number of benzene rings is 2. The molecule has 1 heterocycles. The molecule has 2 N–H and O–H groups in total. The van der Waals surface area contributed by atoms with Crippen LogP contribution in [0.3, 0.4) is 0 Å². The second-order valence-corrected chi connectivity index (χ2v) is 7.63. The maximum Gasteiger partial charge on any atom is 0.279 e. The fourth-order valence-corrected chi connectivity index (χ4v) is 3.59. The van der Waals surface area contributed by atoms with Crippen LogP contribution in [-0.2, 0) is 16.0 Å². The molecule has 0 radical (unpaired) electrons. The van der Waals surface area contributed by atoms with Crippen molar-refractivity contribution in [2.24, 2.45) is 0 Å². The number of piperazine rings is 1. The largest absolute Gasteiger partial charge is 0.497 e. The van der Waals surface area contributed by atoms with Crippen LogP contribution in [0, 0.1) is 13.8 Å². The number of aryl methyl sites for hydroxylation is 1. The van der Waals surface area contributed by atoms with Crippen LogP contribution in [0.2, 0.25) is 0 Å². The molecule has 6 heteroatoms. The zero-order chi connectivity index (χ0) is 20.8. The Balaban J connectivity index is 1.45. The predicted molar refractivity (Wildman–Crippen MR) is 113 cm³/mol. The van der Waals surface area contributed by atoms with Crippen LogP contribution in [0.25, 0.3) is 0 Å². The highest BCUT2D eigenvalue weighted by Crippen LogP contribution is 2.17. The number of carbonyl (C=O) groups excluding carboxylic acids is 2. The van der Waals surface area contributed by atoms with Crippen molar-refractivity contribution in [2.45, 2.75) is 20.3 Å². The molecule has 0 bridgehead atoms. The van der Waals surface area contributed by atoms with Gasteiger partial charge >= 0.3 is 0 Å². The second-order valence-electron chi connectivity index (χ2n) is 7.63. The topological polar surface area (TPSA) is 63.1 Å². The predicted octanol–water partition coefficient (Wildman–Crippen LogP) is 1.22. The smallest absolute Gasteiger partial charge is 0.279 e. The molecule has 1 fully saturated rings. The van der Waals surface area contributed by atoms with Crippen molar-refractivity contribution >= 4 is 17.5 Å². The third kappa shape index (κ3) is 5.57. The molecule has 154 valence electrons. The Labute approximate surface area is 172 Å². The van der Waals surface area contributed by atoms with Gasteiger partial charge in [0.2, 0.25) is 5.91 Å². The number of nitrogens with zero attached hydrogens (tertiary/aromatic N) is 1. The van der Waals surface area contributed by atoms with Crippen molar-refractivity contribution < 1.29 is 19.2 Å². The monoisotopic (exact) mass is 396 g/mol. The van der Waals surface area contributed by atoms with Gasteiger partial charge in [0.15, 0.2) is 6.54 Å². The van der Waals surface area contributed by atoms with Crippen molar-refractivity contribution in [2.75, 3.05) is 45.2 Å². The van der Waals surface area contributed by atoms with E-state index in [1.165, 1.54) is 10.5 Å². The van der Waals surface area contributed by atoms with E-state index in [1.54, 1.807) is 7.11 Å². The number of hydrogen-bond acceptors (Lipinski definition) is 3. The van der Waals surface area contributed by atoms with Crippen LogP contribution in [0.4, 0.5) is 5.69 Å². The first-order valence-electron chi connectivity index (χ1n) is 10.1. The zero-order valence-corrected chi connectivity index (χ0v) is 17.5. The number of rotatable bonds is 6. The van der Waals surface area contributed by atoms with E-state index in [4.69, 9.17) is 4.74 Å². The average molecular weight is 397 g/mol. The summed E-state index contributed by atoms with van der Waals surface area (Å²) in [5, 5.41) is 3.02. The van der Waals surface area contributed by atoms with Gasteiger partial charge in [0, 0.05) is 5.69 Å². The summed E-state index contributed by atoms with van der Waals surface area (Å²) >= 11 is 0. The third-order valence-corrected chi connectivity index (χ3v) is 5.63. The maximum absolute atomic E-state index is 12.6. The van der Waals surface area contributed by atoms with E-state index in [0.717, 1.165) is 35.7 Å². The Morgan fingerprint density at radius 2 is 1.76 bits per heavy atom. The van der Waals surface area contributed by atoms with Gasteiger partial charge in [-0.15, -0.1) is 0 Å². The number of anilines is 1. The number of quaternary nitrogens is 1. The fraction of sp³-hybridized carbons (Fsp3) is 0.391. The standard InChI is InChI=1S/C23H29N3O3/c1-17-5-4-6-21(18(17)2)24-22(27)16-25-11-13-26(14-12-25)23(28)15-19-7-9-20(29-3)10-8-19/h4-10H,11-16H2,1-3H3,(H,24,27)/p+1. The van der Waals surface area contributed by atoms with Gasteiger partial charge < -0.3 is 19.9 Å². The lowest BCUT2D eigenvalue weighted by Crippen LogP contribution is -3.15. The number of methoxy groups -OCH3 is 1. The van der Waals surface area contributed by atoms with Gasteiger partial charge in [-0.3, -0.25) is 9.59 Å². The van der Waals surface area contributed by atoms with Crippen LogP contribution in [-0.4, -0.2) is 56.5 Å². The van der Waals surface area contributed by atoms with Gasteiger partial charge in [-0.05, 0) is 48.7 Å². The average Bonchev–Trinajstić information content (AvgIpc) is 2.72. The number of ether oxygens (including phenoxy) is 1. The number of amides is 2. The number of nitrogens with one attached hydrogen (secondary N) is 2. The summed E-state index contributed by atoms with van der Waals surface area (Å²) in [7, 11) is 1.63. The summed E-state index contributed by atoms with van der Waals surface area (Å²) in [6.45, 7) is 7.42. The summed E-state index contributed by atoms with van der Waals surface area (Å²) < 4.78 is 5.15. The highest BCUT2D eigenvalue weighted by molar-refractivity contribution is 5.92. The summed E-state index contributed by atoms with van der Waals surface area (Å²) in [6, 6.07) is 13.5. The van der Waals surface area contributed by atoms with E-state index in [9.17, 15) is 9.59 Å². The molecule has 1 saturated heterocycles. The third-order valence-electron chi connectivity index (χ3n) is 5.63. The molecule has 0 unspecified atom stereocenters. The Hall–Kier alpha value is -2.86. The molecule has 0 atom stereocenters. The molecular formula is C23H30N3O3+. The van der Waals surface area contributed by atoms with Gasteiger partial charge in [-0.2, -0.15) is 0 Å². The lowest BCUT2D eigenvalue weighted by molar-refractivity contribution is -0.895. The lowest BCUT2D eigenvalue weighted by atomic mass is 10.1.